The largest absolute Gasteiger partial charge is 0.424 e. The molecule has 1 heterocycles. The molecule has 5 heteroatoms. The lowest BCUT2D eigenvalue weighted by atomic mass is 9.98. The highest BCUT2D eigenvalue weighted by Crippen LogP contribution is 2.37. The van der Waals surface area contributed by atoms with Gasteiger partial charge < -0.3 is 18.9 Å². The molecular weight excluding hydrogens is 332 g/mol. The number of carbonyl (C=O) groups is 1. The molecule has 0 spiro atoms. The molecule has 0 bridgehead atoms. The number of ether oxygens (including phenoxy) is 4. The van der Waals surface area contributed by atoms with Crippen LogP contribution in [-0.4, -0.2) is 32.4 Å². The number of unbranched alkanes of at least 4 members (excludes halogenated alkanes) is 3. The van der Waals surface area contributed by atoms with Crippen molar-refractivity contribution in [1.82, 2.24) is 0 Å². The molecule has 1 unspecified atom stereocenters. The van der Waals surface area contributed by atoms with Crippen molar-refractivity contribution in [1.29, 1.82) is 0 Å². The van der Waals surface area contributed by atoms with E-state index in [4.69, 9.17) is 18.9 Å². The highest BCUT2D eigenvalue weighted by molar-refractivity contribution is 5.77. The van der Waals surface area contributed by atoms with E-state index in [1.54, 1.807) is 6.92 Å². The van der Waals surface area contributed by atoms with Gasteiger partial charge in [-0.05, 0) is 50.8 Å². The third-order valence-electron chi connectivity index (χ3n) is 4.79. The minimum Gasteiger partial charge on any atom is -0.424 e. The van der Waals surface area contributed by atoms with Crippen molar-refractivity contribution in [2.75, 3.05) is 20.3 Å². The van der Waals surface area contributed by atoms with Gasteiger partial charge in [-0.2, -0.15) is 0 Å². The predicted octanol–water partition coefficient (Wildman–Crippen LogP) is 4.36. The third kappa shape index (κ3) is 5.53. The summed E-state index contributed by atoms with van der Waals surface area (Å²) in [7, 11) is 1.49. The molecule has 0 aliphatic carbocycles. The lowest BCUT2D eigenvalue weighted by Crippen LogP contribution is -2.36. The van der Waals surface area contributed by atoms with Gasteiger partial charge in [-0.25, -0.2) is 4.79 Å². The van der Waals surface area contributed by atoms with Crippen LogP contribution in [0.4, 0.5) is 0 Å². The molecule has 0 radical (unpaired) electrons. The molecule has 1 aliphatic rings. The molecule has 1 saturated heterocycles. The molecule has 146 valence electrons. The van der Waals surface area contributed by atoms with E-state index < -0.39 is 17.9 Å². The van der Waals surface area contributed by atoms with Gasteiger partial charge in [0.25, 0.3) is 0 Å². The van der Waals surface area contributed by atoms with Gasteiger partial charge in [0.1, 0.15) is 5.75 Å². The fraction of sp³-hybridized carbons (Fsp3) is 0.667. The Hall–Kier alpha value is -1.43. The van der Waals surface area contributed by atoms with Gasteiger partial charge in [0, 0.05) is 7.11 Å². The second-order valence-electron chi connectivity index (χ2n) is 6.94. The topological polar surface area (TPSA) is 54.0 Å². The normalized spacial score (nSPS) is 17.7. The number of rotatable bonds is 9. The Kier molecular flexibility index (Phi) is 8.07. The van der Waals surface area contributed by atoms with Crippen LogP contribution < -0.4 is 4.74 Å². The highest BCUT2D eigenvalue weighted by Gasteiger charge is 2.35. The van der Waals surface area contributed by atoms with Gasteiger partial charge in [-0.15, -0.1) is 0 Å². The van der Waals surface area contributed by atoms with E-state index in [9.17, 15) is 4.79 Å². The van der Waals surface area contributed by atoms with E-state index in [0.717, 1.165) is 24.8 Å². The smallest absolute Gasteiger partial charge is 0.340 e. The number of hydrogen-bond acceptors (Lipinski definition) is 5. The number of hydrogen-bond donors (Lipinski definition) is 0. The van der Waals surface area contributed by atoms with E-state index >= 15 is 0 Å². The van der Waals surface area contributed by atoms with Crippen LogP contribution in [0, 0.1) is 0 Å². The maximum atomic E-state index is 12.2. The Morgan fingerprint density at radius 1 is 1.23 bits per heavy atom. The van der Waals surface area contributed by atoms with Crippen molar-refractivity contribution < 1.29 is 23.7 Å². The SMILES string of the molecule is CCCCCCc1ccc(OC(=O)C(C)OC)c(C2(C)OCCCO2)c1. The summed E-state index contributed by atoms with van der Waals surface area (Å²) >= 11 is 0. The number of aryl methyl sites for hydroxylation is 1. The lowest BCUT2D eigenvalue weighted by Gasteiger charge is -2.35. The van der Waals surface area contributed by atoms with Crippen molar-refractivity contribution in [3.63, 3.8) is 0 Å². The summed E-state index contributed by atoms with van der Waals surface area (Å²) in [5, 5.41) is 0. The predicted molar refractivity (Wildman–Crippen MR) is 100 cm³/mol. The van der Waals surface area contributed by atoms with Gasteiger partial charge in [0.05, 0.1) is 18.8 Å². The van der Waals surface area contributed by atoms with E-state index in [1.807, 2.05) is 19.1 Å². The Labute approximate surface area is 157 Å². The molecular formula is C21H32O5. The highest BCUT2D eigenvalue weighted by atomic mass is 16.7. The molecule has 0 saturated carbocycles. The second kappa shape index (κ2) is 10.0. The van der Waals surface area contributed by atoms with Crippen molar-refractivity contribution in [2.24, 2.45) is 0 Å². The summed E-state index contributed by atoms with van der Waals surface area (Å²) < 4.78 is 22.5. The van der Waals surface area contributed by atoms with E-state index in [1.165, 1.54) is 31.9 Å². The zero-order valence-electron chi connectivity index (χ0n) is 16.5. The Morgan fingerprint density at radius 2 is 1.96 bits per heavy atom. The summed E-state index contributed by atoms with van der Waals surface area (Å²) in [6.07, 6.45) is 6.06. The molecule has 26 heavy (non-hydrogen) atoms. The van der Waals surface area contributed by atoms with E-state index in [2.05, 4.69) is 13.0 Å². The van der Waals surface area contributed by atoms with E-state index in [-0.39, 0.29) is 0 Å². The molecule has 1 aliphatic heterocycles. The lowest BCUT2D eigenvalue weighted by molar-refractivity contribution is -0.265. The van der Waals surface area contributed by atoms with Crippen LogP contribution in [0.5, 0.6) is 5.75 Å². The average molecular weight is 364 g/mol. The molecule has 1 fully saturated rings. The minimum absolute atomic E-state index is 0.427. The molecule has 0 aromatic heterocycles. The first-order chi connectivity index (χ1) is 12.5. The number of benzene rings is 1. The minimum atomic E-state index is -0.899. The second-order valence-corrected chi connectivity index (χ2v) is 6.94. The zero-order valence-corrected chi connectivity index (χ0v) is 16.5. The quantitative estimate of drug-likeness (QED) is 0.370. The monoisotopic (exact) mass is 364 g/mol. The molecule has 2 rings (SSSR count). The number of esters is 1. The van der Waals surface area contributed by atoms with Crippen molar-refractivity contribution in [2.45, 2.75) is 71.2 Å². The van der Waals surface area contributed by atoms with Crippen molar-refractivity contribution in [3.8, 4) is 5.75 Å². The molecule has 0 N–H and O–H groups in total. The molecule has 5 nitrogen and oxygen atoms in total. The van der Waals surface area contributed by atoms with Crippen LogP contribution in [0.1, 0.15) is 64.0 Å². The van der Waals surface area contributed by atoms with Gasteiger partial charge in [0.2, 0.25) is 0 Å². The third-order valence-corrected chi connectivity index (χ3v) is 4.79. The van der Waals surface area contributed by atoms with Gasteiger partial charge in [0.15, 0.2) is 11.9 Å². The Morgan fingerprint density at radius 3 is 2.62 bits per heavy atom. The van der Waals surface area contributed by atoms with Crippen LogP contribution >= 0.6 is 0 Å². The fourth-order valence-corrected chi connectivity index (χ4v) is 3.01. The first-order valence-corrected chi connectivity index (χ1v) is 9.66. The van der Waals surface area contributed by atoms with Crippen LogP contribution in [0.25, 0.3) is 0 Å². The molecule has 1 atom stereocenters. The fourth-order valence-electron chi connectivity index (χ4n) is 3.01. The standard InChI is InChI=1S/C21H32O5/c1-5-6-7-8-10-17-11-12-19(26-20(22)16(2)23-4)18(15-17)21(3)24-13-9-14-25-21/h11-12,15-16H,5-10,13-14H2,1-4H3. The van der Waals surface area contributed by atoms with Crippen molar-refractivity contribution in [3.05, 3.63) is 29.3 Å². The van der Waals surface area contributed by atoms with Crippen LogP contribution in [0.2, 0.25) is 0 Å². The molecule has 0 amide bonds. The van der Waals surface area contributed by atoms with Crippen LogP contribution in [0.3, 0.4) is 0 Å². The maximum absolute atomic E-state index is 12.2. The first kappa shape index (κ1) is 20.9. The average Bonchev–Trinajstić information content (AvgIpc) is 2.66. The van der Waals surface area contributed by atoms with Gasteiger partial charge in [-0.1, -0.05) is 32.3 Å². The molecule has 1 aromatic carbocycles. The summed E-state index contributed by atoms with van der Waals surface area (Å²) in [5.41, 5.74) is 1.97. The van der Waals surface area contributed by atoms with Gasteiger partial charge >= 0.3 is 5.97 Å². The van der Waals surface area contributed by atoms with E-state index in [0.29, 0.717) is 19.0 Å². The summed E-state index contributed by atoms with van der Waals surface area (Å²) in [5.74, 6) is -0.853. The zero-order chi connectivity index (χ0) is 19.0. The number of carbonyl (C=O) groups excluding carboxylic acids is 1. The maximum Gasteiger partial charge on any atom is 0.340 e. The summed E-state index contributed by atoms with van der Waals surface area (Å²) in [6, 6.07) is 5.91. The summed E-state index contributed by atoms with van der Waals surface area (Å²) in [6.45, 7) is 7.01. The van der Waals surface area contributed by atoms with Crippen LogP contribution in [0.15, 0.2) is 18.2 Å². The Balaban J connectivity index is 2.23. The Bertz CT molecular complexity index is 578. The summed E-state index contributed by atoms with van der Waals surface area (Å²) in [4.78, 5) is 12.2. The molecule has 1 aromatic rings. The number of methoxy groups -OCH3 is 1. The van der Waals surface area contributed by atoms with Crippen LogP contribution in [-0.2, 0) is 31.2 Å². The van der Waals surface area contributed by atoms with Crippen molar-refractivity contribution >= 4 is 5.97 Å². The van der Waals surface area contributed by atoms with Gasteiger partial charge in [-0.3, -0.25) is 0 Å². The first-order valence-electron chi connectivity index (χ1n) is 9.66.